The van der Waals surface area contributed by atoms with Gasteiger partial charge in [-0.3, -0.25) is 5.14 Å². The summed E-state index contributed by atoms with van der Waals surface area (Å²) < 4.78 is 0. The summed E-state index contributed by atoms with van der Waals surface area (Å²) in [6.07, 6.45) is 0. The lowest BCUT2D eigenvalue weighted by molar-refractivity contribution is 0.737. The van der Waals surface area contributed by atoms with Crippen molar-refractivity contribution in [1.29, 1.82) is 0 Å². The molecule has 8 heavy (non-hydrogen) atoms. The molecule has 2 heteroatoms. The normalized spacial score (nSPS) is 8.25. The summed E-state index contributed by atoms with van der Waals surface area (Å²) in [6, 6.07) is 0. The van der Waals surface area contributed by atoms with E-state index in [0.29, 0.717) is 0 Å². The van der Waals surface area contributed by atoms with E-state index in [1.54, 1.807) is 0 Å². The molecular formula is C6H17NS. The summed E-state index contributed by atoms with van der Waals surface area (Å²) in [4.78, 5) is 0. The van der Waals surface area contributed by atoms with Gasteiger partial charge in [0.05, 0.1) is 0 Å². The standard InChI is InChI=1S/C4H10.C2H7NS/c1-4(2)3;1-2-4-3/h4H,1-3H3;2-3H2,1H3. The van der Waals surface area contributed by atoms with Crippen LogP contribution in [-0.4, -0.2) is 5.75 Å². The van der Waals surface area contributed by atoms with E-state index in [2.05, 4.69) is 20.8 Å². The quantitative estimate of drug-likeness (QED) is 0.558. The lowest BCUT2D eigenvalue weighted by Gasteiger charge is -1.79. The number of hydrogen-bond donors (Lipinski definition) is 1. The maximum Gasteiger partial charge on any atom is 0.00480 e. The molecule has 0 saturated carbocycles. The summed E-state index contributed by atoms with van der Waals surface area (Å²) in [5.41, 5.74) is 0. The minimum Gasteiger partial charge on any atom is -0.278 e. The highest BCUT2D eigenvalue weighted by molar-refractivity contribution is 7.97. The largest absolute Gasteiger partial charge is 0.278 e. The Labute approximate surface area is 57.2 Å². The summed E-state index contributed by atoms with van der Waals surface area (Å²) in [5.74, 6) is 1.85. The molecule has 0 heterocycles. The molecule has 0 aromatic heterocycles. The van der Waals surface area contributed by atoms with Crippen molar-refractivity contribution in [2.24, 2.45) is 11.1 Å². The zero-order chi connectivity index (χ0) is 6.99. The third kappa shape index (κ3) is 104. The summed E-state index contributed by atoms with van der Waals surface area (Å²) >= 11 is 1.36. The average molecular weight is 135 g/mol. The van der Waals surface area contributed by atoms with E-state index >= 15 is 0 Å². The second kappa shape index (κ2) is 10.3. The van der Waals surface area contributed by atoms with Crippen molar-refractivity contribution in [2.45, 2.75) is 27.7 Å². The van der Waals surface area contributed by atoms with Crippen LogP contribution in [0.2, 0.25) is 0 Å². The molecule has 0 aromatic rings. The number of rotatable bonds is 1. The monoisotopic (exact) mass is 135 g/mol. The van der Waals surface area contributed by atoms with Gasteiger partial charge < -0.3 is 0 Å². The summed E-state index contributed by atoms with van der Waals surface area (Å²) in [6.45, 7) is 8.52. The van der Waals surface area contributed by atoms with E-state index in [1.807, 2.05) is 6.92 Å². The predicted molar refractivity (Wildman–Crippen MR) is 42.8 cm³/mol. The summed E-state index contributed by atoms with van der Waals surface area (Å²) in [7, 11) is 0. The van der Waals surface area contributed by atoms with Crippen LogP contribution in [0, 0.1) is 5.92 Å². The fourth-order valence-electron chi connectivity index (χ4n) is 0. The first-order chi connectivity index (χ1) is 3.65. The molecule has 0 spiro atoms. The Hall–Kier alpha value is 0.310. The molecule has 0 bridgehead atoms. The molecule has 0 amide bonds. The van der Waals surface area contributed by atoms with Crippen LogP contribution >= 0.6 is 11.9 Å². The van der Waals surface area contributed by atoms with Crippen LogP contribution in [0.15, 0.2) is 0 Å². The van der Waals surface area contributed by atoms with E-state index in [1.165, 1.54) is 11.9 Å². The van der Waals surface area contributed by atoms with Crippen LogP contribution in [-0.2, 0) is 0 Å². The Morgan fingerprint density at radius 1 is 1.38 bits per heavy atom. The molecule has 0 fully saturated rings. The molecule has 52 valence electrons. The van der Waals surface area contributed by atoms with Gasteiger partial charge in [0.1, 0.15) is 0 Å². The van der Waals surface area contributed by atoms with E-state index < -0.39 is 0 Å². The third-order valence-corrected chi connectivity index (χ3v) is 0.500. The Bertz CT molecular complexity index is 25.0. The van der Waals surface area contributed by atoms with Gasteiger partial charge >= 0.3 is 0 Å². The van der Waals surface area contributed by atoms with Crippen LogP contribution in [0.1, 0.15) is 27.7 Å². The molecular weight excluding hydrogens is 118 g/mol. The van der Waals surface area contributed by atoms with Gasteiger partial charge in [-0.05, 0) is 5.92 Å². The molecule has 0 atom stereocenters. The van der Waals surface area contributed by atoms with Crippen molar-refractivity contribution in [3.05, 3.63) is 0 Å². The SMILES string of the molecule is CC(C)C.CCSN. The Kier molecular flexibility index (Phi) is 14.4. The molecule has 0 aliphatic rings. The molecule has 0 saturated heterocycles. The van der Waals surface area contributed by atoms with Crippen LogP contribution in [0.25, 0.3) is 0 Å². The molecule has 1 nitrogen and oxygen atoms in total. The molecule has 0 unspecified atom stereocenters. The Balaban J connectivity index is 0. The average Bonchev–Trinajstić information content (AvgIpc) is 1.65. The van der Waals surface area contributed by atoms with Crippen molar-refractivity contribution in [2.75, 3.05) is 5.75 Å². The fourth-order valence-corrected chi connectivity index (χ4v) is 0. The molecule has 2 N–H and O–H groups in total. The first-order valence-corrected chi connectivity index (χ1v) is 4.01. The Morgan fingerprint density at radius 3 is 1.50 bits per heavy atom. The van der Waals surface area contributed by atoms with Gasteiger partial charge in [-0.25, -0.2) is 0 Å². The number of hydrogen-bond acceptors (Lipinski definition) is 2. The van der Waals surface area contributed by atoms with Gasteiger partial charge in [-0.2, -0.15) is 0 Å². The minimum absolute atomic E-state index is 0.833. The Morgan fingerprint density at radius 2 is 1.50 bits per heavy atom. The predicted octanol–water partition coefficient (Wildman–Crippen LogP) is 2.28. The lowest BCUT2D eigenvalue weighted by Crippen LogP contribution is -1.74. The van der Waals surface area contributed by atoms with Crippen LogP contribution < -0.4 is 5.14 Å². The van der Waals surface area contributed by atoms with Crippen LogP contribution in [0.5, 0.6) is 0 Å². The highest BCUT2D eigenvalue weighted by Crippen LogP contribution is 1.81. The van der Waals surface area contributed by atoms with Crippen LogP contribution in [0.3, 0.4) is 0 Å². The van der Waals surface area contributed by atoms with Gasteiger partial charge in [0, 0.05) is 5.75 Å². The van der Waals surface area contributed by atoms with Crippen molar-refractivity contribution in [3.8, 4) is 0 Å². The van der Waals surface area contributed by atoms with E-state index in [9.17, 15) is 0 Å². The fraction of sp³-hybridized carbons (Fsp3) is 1.00. The van der Waals surface area contributed by atoms with Gasteiger partial charge in [0.2, 0.25) is 0 Å². The van der Waals surface area contributed by atoms with Gasteiger partial charge in [-0.1, -0.05) is 39.6 Å². The van der Waals surface area contributed by atoms with Crippen molar-refractivity contribution < 1.29 is 0 Å². The molecule has 0 radical (unpaired) electrons. The topological polar surface area (TPSA) is 26.0 Å². The lowest BCUT2D eigenvalue weighted by atomic mass is 10.3. The van der Waals surface area contributed by atoms with Crippen molar-refractivity contribution >= 4 is 11.9 Å². The van der Waals surface area contributed by atoms with Crippen molar-refractivity contribution in [1.82, 2.24) is 0 Å². The second-order valence-corrected chi connectivity index (χ2v) is 3.10. The third-order valence-electron chi connectivity index (χ3n) is 0.167. The zero-order valence-electron chi connectivity index (χ0n) is 6.27. The highest BCUT2D eigenvalue weighted by atomic mass is 32.2. The molecule has 0 aliphatic carbocycles. The van der Waals surface area contributed by atoms with Gasteiger partial charge in [0.25, 0.3) is 0 Å². The number of nitrogens with two attached hydrogens (primary N) is 1. The van der Waals surface area contributed by atoms with E-state index in [0.717, 1.165) is 11.7 Å². The second-order valence-electron chi connectivity index (χ2n) is 2.19. The van der Waals surface area contributed by atoms with E-state index in [4.69, 9.17) is 5.14 Å². The molecule has 0 rings (SSSR count). The molecule has 0 aliphatic heterocycles. The first-order valence-electron chi connectivity index (χ1n) is 2.96. The highest BCUT2D eigenvalue weighted by Gasteiger charge is 1.68. The summed E-state index contributed by atoms with van der Waals surface area (Å²) in [5, 5.41) is 4.94. The van der Waals surface area contributed by atoms with Gasteiger partial charge in [-0.15, -0.1) is 0 Å². The molecule has 0 aromatic carbocycles. The smallest absolute Gasteiger partial charge is 0.00480 e. The van der Waals surface area contributed by atoms with E-state index in [-0.39, 0.29) is 0 Å². The van der Waals surface area contributed by atoms with Crippen molar-refractivity contribution in [3.63, 3.8) is 0 Å². The zero-order valence-corrected chi connectivity index (χ0v) is 7.09. The minimum atomic E-state index is 0.833. The van der Waals surface area contributed by atoms with Crippen LogP contribution in [0.4, 0.5) is 0 Å². The van der Waals surface area contributed by atoms with Gasteiger partial charge in [0.15, 0.2) is 0 Å². The first kappa shape index (κ1) is 11.2. The maximum atomic E-state index is 4.94. The maximum absolute atomic E-state index is 4.94.